The summed E-state index contributed by atoms with van der Waals surface area (Å²) < 4.78 is 12.1. The van der Waals surface area contributed by atoms with Gasteiger partial charge in [0.25, 0.3) is 5.91 Å². The summed E-state index contributed by atoms with van der Waals surface area (Å²) in [6.07, 6.45) is 1.37. The normalized spacial score (nSPS) is 10.9. The summed E-state index contributed by atoms with van der Waals surface area (Å²) in [4.78, 5) is 36.8. The first-order valence-corrected chi connectivity index (χ1v) is 14.4. The second kappa shape index (κ2) is 15.6. The van der Waals surface area contributed by atoms with Crippen LogP contribution in [0.1, 0.15) is 43.4 Å². The number of anilines is 1. The monoisotopic (exact) mass is 710 g/mol. The van der Waals surface area contributed by atoms with Gasteiger partial charge in [0.2, 0.25) is 0 Å². The van der Waals surface area contributed by atoms with E-state index >= 15 is 0 Å². The lowest BCUT2D eigenvalue weighted by atomic mass is 10.0. The number of hydrogen-bond donors (Lipinski definition) is 3. The number of carbonyl (C=O) groups excluding carboxylic acids is 3. The molecule has 0 bridgehead atoms. The van der Waals surface area contributed by atoms with Crippen molar-refractivity contribution in [2.75, 3.05) is 18.5 Å². The third kappa shape index (κ3) is 9.91. The van der Waals surface area contributed by atoms with Crippen LogP contribution in [0.25, 0.3) is 0 Å². The average molecular weight is 711 g/mol. The van der Waals surface area contributed by atoms with Crippen LogP contribution >= 0.6 is 45.8 Å². The Morgan fingerprint density at radius 2 is 1.73 bits per heavy atom. The summed E-state index contributed by atoms with van der Waals surface area (Å²) in [6, 6.07) is 15.9. The molecule has 12 heteroatoms. The van der Waals surface area contributed by atoms with E-state index in [-0.39, 0.29) is 13.2 Å². The zero-order valence-corrected chi connectivity index (χ0v) is 26.3. The fourth-order valence-corrected chi connectivity index (χ4v) is 4.72. The maximum Gasteiger partial charge on any atom is 0.329 e. The Morgan fingerprint density at radius 3 is 2.39 bits per heavy atom. The van der Waals surface area contributed by atoms with Crippen LogP contribution in [0.4, 0.5) is 5.69 Å². The molecular formula is C29H29Cl2IN4O5. The highest BCUT2D eigenvalue weighted by atomic mass is 127. The molecule has 0 radical (unpaired) electrons. The number of halogens is 3. The van der Waals surface area contributed by atoms with Crippen molar-refractivity contribution < 1.29 is 23.9 Å². The lowest BCUT2D eigenvalue weighted by Crippen LogP contribution is -2.37. The van der Waals surface area contributed by atoms with Crippen LogP contribution in [0.3, 0.4) is 0 Å². The second-order valence-electron chi connectivity index (χ2n) is 9.00. The van der Waals surface area contributed by atoms with Gasteiger partial charge < -0.3 is 20.1 Å². The Kier molecular flexibility index (Phi) is 12.2. The van der Waals surface area contributed by atoms with Gasteiger partial charge in [-0.15, -0.1) is 0 Å². The van der Waals surface area contributed by atoms with Crippen molar-refractivity contribution in [2.24, 2.45) is 5.10 Å². The number of amides is 3. The van der Waals surface area contributed by atoms with Crippen LogP contribution < -0.4 is 25.5 Å². The number of hydrogen-bond acceptors (Lipinski definition) is 6. The van der Waals surface area contributed by atoms with Gasteiger partial charge >= 0.3 is 11.8 Å². The van der Waals surface area contributed by atoms with E-state index in [1.165, 1.54) is 17.8 Å². The number of carbonyl (C=O) groups is 3. The lowest BCUT2D eigenvalue weighted by Gasteiger charge is -2.15. The van der Waals surface area contributed by atoms with Crippen molar-refractivity contribution in [3.8, 4) is 11.5 Å². The largest absolute Gasteiger partial charge is 0.490 e. The van der Waals surface area contributed by atoms with E-state index in [4.69, 9.17) is 32.7 Å². The molecule has 3 amide bonds. The van der Waals surface area contributed by atoms with Crippen molar-refractivity contribution >= 4 is 75.4 Å². The minimum atomic E-state index is -0.897. The van der Waals surface area contributed by atoms with Crippen molar-refractivity contribution in [3.05, 3.63) is 84.9 Å². The highest BCUT2D eigenvalue weighted by molar-refractivity contribution is 14.1. The highest BCUT2D eigenvalue weighted by Gasteiger charge is 2.16. The molecule has 0 atom stereocenters. The minimum absolute atomic E-state index is 0.219. The number of nitrogens with one attached hydrogen (secondary N) is 3. The molecule has 0 heterocycles. The Bertz CT molecular complexity index is 1430. The fraction of sp³-hybridized carbons (Fsp3) is 0.241. The number of nitrogens with zero attached hydrogens (tertiary/aromatic N) is 1. The summed E-state index contributed by atoms with van der Waals surface area (Å²) in [5.74, 6) is -0.969. The lowest BCUT2D eigenvalue weighted by molar-refractivity contribution is -0.139. The van der Waals surface area contributed by atoms with Gasteiger partial charge in [0.1, 0.15) is 0 Å². The molecule has 0 saturated carbocycles. The van der Waals surface area contributed by atoms with Crippen molar-refractivity contribution in [1.29, 1.82) is 0 Å². The second-order valence-corrected chi connectivity index (χ2v) is 11.0. The van der Waals surface area contributed by atoms with Gasteiger partial charge in [-0.05, 0) is 82.5 Å². The molecule has 0 aliphatic carbocycles. The van der Waals surface area contributed by atoms with Crippen LogP contribution in [-0.2, 0) is 20.9 Å². The molecule has 0 aromatic heterocycles. The third-order valence-electron chi connectivity index (χ3n) is 5.57. The van der Waals surface area contributed by atoms with Crippen molar-refractivity contribution in [2.45, 2.75) is 33.2 Å². The molecule has 216 valence electrons. The van der Waals surface area contributed by atoms with E-state index in [1.54, 1.807) is 24.3 Å². The Hall–Kier alpha value is -3.35. The molecule has 3 N–H and O–H groups in total. The Labute approximate surface area is 262 Å². The van der Waals surface area contributed by atoms with Crippen molar-refractivity contribution in [3.63, 3.8) is 0 Å². The van der Waals surface area contributed by atoms with E-state index < -0.39 is 17.7 Å². The van der Waals surface area contributed by atoms with Gasteiger partial charge in [-0.3, -0.25) is 14.4 Å². The number of benzene rings is 3. The molecule has 0 fully saturated rings. The van der Waals surface area contributed by atoms with Crippen LogP contribution in [0.5, 0.6) is 11.5 Å². The zero-order chi connectivity index (χ0) is 29.9. The molecule has 0 aliphatic heterocycles. The third-order valence-corrected chi connectivity index (χ3v) is 6.92. The molecular weight excluding hydrogens is 682 g/mol. The summed E-state index contributed by atoms with van der Waals surface area (Å²) in [7, 11) is 0. The number of rotatable bonds is 11. The molecule has 0 aliphatic rings. The predicted molar refractivity (Wildman–Crippen MR) is 169 cm³/mol. The molecule has 9 nitrogen and oxygen atoms in total. The van der Waals surface area contributed by atoms with Crippen LogP contribution in [0.2, 0.25) is 10.0 Å². The van der Waals surface area contributed by atoms with Gasteiger partial charge in [0.15, 0.2) is 18.1 Å². The minimum Gasteiger partial charge on any atom is -0.490 e. The maximum absolute atomic E-state index is 12.4. The van der Waals surface area contributed by atoms with Gasteiger partial charge in [-0.2, -0.15) is 5.10 Å². The Balaban J connectivity index is 1.56. The van der Waals surface area contributed by atoms with Gasteiger partial charge in [-0.1, -0.05) is 61.3 Å². The van der Waals surface area contributed by atoms with E-state index in [1.807, 2.05) is 53.8 Å². The quantitative estimate of drug-likeness (QED) is 0.0991. The number of ether oxygens (including phenoxy) is 2. The zero-order valence-electron chi connectivity index (χ0n) is 22.6. The first kappa shape index (κ1) is 32.2. The van der Waals surface area contributed by atoms with Crippen molar-refractivity contribution in [1.82, 2.24) is 10.7 Å². The average Bonchev–Trinajstić information content (AvgIpc) is 2.93. The van der Waals surface area contributed by atoms with Crippen LogP contribution in [0.15, 0.2) is 59.7 Å². The molecule has 41 heavy (non-hydrogen) atoms. The van der Waals surface area contributed by atoms with Crippen LogP contribution in [-0.4, -0.2) is 37.1 Å². The van der Waals surface area contributed by atoms with Gasteiger partial charge in [0.05, 0.1) is 27.1 Å². The topological polar surface area (TPSA) is 118 Å². The smallest absolute Gasteiger partial charge is 0.329 e. The first-order chi connectivity index (χ1) is 19.6. The first-order valence-electron chi connectivity index (χ1n) is 12.6. The fourth-order valence-electron chi connectivity index (χ4n) is 3.48. The van der Waals surface area contributed by atoms with E-state index in [2.05, 4.69) is 35.0 Å². The summed E-state index contributed by atoms with van der Waals surface area (Å²) in [5.41, 5.74) is 5.28. The molecule has 3 aromatic carbocycles. The van der Waals surface area contributed by atoms with Gasteiger partial charge in [-0.25, -0.2) is 5.43 Å². The molecule has 3 rings (SSSR count). The summed E-state index contributed by atoms with van der Waals surface area (Å²) >= 11 is 14.0. The Morgan fingerprint density at radius 1 is 1.00 bits per heavy atom. The predicted octanol–water partition coefficient (Wildman–Crippen LogP) is 5.90. The highest BCUT2D eigenvalue weighted by Crippen LogP contribution is 2.34. The standard InChI is InChI=1S/C29H29Cl2IN4O5/c1-4-40-25-12-19(11-23(32)27(25)41-16-26(37)35-24-10-9-21(30)13-22(24)31)15-34-36-29(39)28(38)33-14-18-5-7-20(8-6-18)17(2)3/h5-13,15,17H,4,14,16H2,1-3H3,(H,33,38)(H,35,37)(H,36,39)/b34-15-. The van der Waals surface area contributed by atoms with E-state index in [0.29, 0.717) is 48.9 Å². The van der Waals surface area contributed by atoms with E-state index in [0.717, 1.165) is 5.56 Å². The summed E-state index contributed by atoms with van der Waals surface area (Å²) in [5, 5.41) is 9.89. The van der Waals surface area contributed by atoms with E-state index in [9.17, 15) is 14.4 Å². The maximum atomic E-state index is 12.4. The molecule has 3 aromatic rings. The SMILES string of the molecule is CCOc1cc(/C=N\NC(=O)C(=O)NCc2ccc(C(C)C)cc2)cc(I)c1OCC(=O)Nc1ccc(Cl)cc1Cl. The molecule has 0 unspecified atom stereocenters. The number of hydrazone groups is 1. The molecule has 0 spiro atoms. The molecule has 0 saturated heterocycles. The summed E-state index contributed by atoms with van der Waals surface area (Å²) in [6.45, 7) is 6.28. The van der Waals surface area contributed by atoms with Crippen LogP contribution in [0, 0.1) is 3.57 Å². The van der Waals surface area contributed by atoms with Gasteiger partial charge in [0, 0.05) is 11.6 Å².